The first-order chi connectivity index (χ1) is 12.2. The number of piperidine rings is 1. The molecule has 0 amide bonds. The van der Waals surface area contributed by atoms with Gasteiger partial charge in [-0.1, -0.05) is 6.07 Å². The number of aromatic nitrogens is 2. The van der Waals surface area contributed by atoms with E-state index in [9.17, 15) is 10.1 Å². The minimum atomic E-state index is -0.156. The van der Waals surface area contributed by atoms with Gasteiger partial charge in [-0.2, -0.15) is 5.26 Å². The molecule has 0 saturated carbocycles. The van der Waals surface area contributed by atoms with E-state index in [0.29, 0.717) is 23.7 Å². The molecule has 2 N–H and O–H groups in total. The number of H-pyrrole nitrogens is 1. The van der Waals surface area contributed by atoms with E-state index in [1.165, 1.54) is 0 Å². The first kappa shape index (κ1) is 17.0. The van der Waals surface area contributed by atoms with Crippen molar-refractivity contribution in [3.8, 4) is 11.8 Å². The zero-order valence-corrected chi connectivity index (χ0v) is 14.2. The third-order valence-corrected chi connectivity index (χ3v) is 4.39. The molecule has 1 aromatic carbocycles. The van der Waals surface area contributed by atoms with Crippen LogP contribution in [0.5, 0.6) is 5.75 Å². The lowest BCUT2D eigenvalue weighted by atomic mass is 10.0. The Labute approximate surface area is 146 Å². The van der Waals surface area contributed by atoms with Gasteiger partial charge in [-0.15, -0.1) is 0 Å². The van der Waals surface area contributed by atoms with E-state index in [1.54, 1.807) is 19.5 Å². The van der Waals surface area contributed by atoms with Gasteiger partial charge in [0.2, 0.25) is 0 Å². The lowest BCUT2D eigenvalue weighted by Crippen LogP contribution is -2.47. The van der Waals surface area contributed by atoms with Crippen molar-refractivity contribution >= 4 is 5.82 Å². The highest BCUT2D eigenvalue weighted by molar-refractivity contribution is 5.45. The van der Waals surface area contributed by atoms with Gasteiger partial charge < -0.3 is 19.9 Å². The van der Waals surface area contributed by atoms with Crippen molar-refractivity contribution in [2.75, 3.05) is 25.1 Å². The van der Waals surface area contributed by atoms with Crippen LogP contribution in [0.2, 0.25) is 0 Å². The Bertz CT molecular complexity index is 827. The lowest BCUT2D eigenvalue weighted by Gasteiger charge is -2.33. The summed E-state index contributed by atoms with van der Waals surface area (Å²) >= 11 is 0. The van der Waals surface area contributed by atoms with Crippen LogP contribution in [0.3, 0.4) is 0 Å². The smallest absolute Gasteiger partial charge is 0.290 e. The largest absolute Gasteiger partial charge is 0.495 e. The van der Waals surface area contributed by atoms with E-state index in [1.807, 2.05) is 23.1 Å². The summed E-state index contributed by atoms with van der Waals surface area (Å²) in [5.41, 5.74) is 1.41. The van der Waals surface area contributed by atoms with Crippen molar-refractivity contribution in [2.24, 2.45) is 0 Å². The molecule has 1 fully saturated rings. The molecule has 7 heteroatoms. The molecular formula is C18H21N5O2. The standard InChI is InChI=1S/C18H21N5O2/c1-25-16-5-4-13(9-14(16)10-19)11-22-15-3-2-8-23(12-15)17-18(24)21-7-6-20-17/h4-7,9,15,22H,2-3,8,11-12H2,1H3,(H,21,24)/t15-/m1/s1. The fourth-order valence-electron chi connectivity index (χ4n) is 3.12. The first-order valence-electron chi connectivity index (χ1n) is 8.30. The Morgan fingerprint density at radius 1 is 1.52 bits per heavy atom. The molecule has 130 valence electrons. The second-order valence-electron chi connectivity index (χ2n) is 6.05. The van der Waals surface area contributed by atoms with Gasteiger partial charge >= 0.3 is 0 Å². The van der Waals surface area contributed by atoms with Crippen LogP contribution in [-0.4, -0.2) is 36.2 Å². The summed E-state index contributed by atoms with van der Waals surface area (Å²) in [4.78, 5) is 20.8. The number of nitrogens with zero attached hydrogens (tertiary/aromatic N) is 3. The quantitative estimate of drug-likeness (QED) is 0.855. The molecule has 1 aliphatic rings. The monoisotopic (exact) mass is 339 g/mol. The Kier molecular flexibility index (Phi) is 5.31. The van der Waals surface area contributed by atoms with Crippen molar-refractivity contribution in [2.45, 2.75) is 25.4 Å². The van der Waals surface area contributed by atoms with Gasteiger partial charge in [0.1, 0.15) is 11.8 Å². The zero-order valence-electron chi connectivity index (χ0n) is 14.2. The summed E-state index contributed by atoms with van der Waals surface area (Å²) in [5, 5.41) is 12.7. The predicted octanol–water partition coefficient (Wildman–Crippen LogP) is 1.41. The maximum absolute atomic E-state index is 11.9. The summed E-state index contributed by atoms with van der Waals surface area (Å²) in [7, 11) is 1.56. The van der Waals surface area contributed by atoms with E-state index >= 15 is 0 Å². The first-order valence-corrected chi connectivity index (χ1v) is 8.30. The molecular weight excluding hydrogens is 318 g/mol. The fourth-order valence-corrected chi connectivity index (χ4v) is 3.12. The number of hydrogen-bond acceptors (Lipinski definition) is 6. The highest BCUT2D eigenvalue weighted by Gasteiger charge is 2.22. The van der Waals surface area contributed by atoms with Crippen LogP contribution in [0.15, 0.2) is 35.4 Å². The maximum Gasteiger partial charge on any atom is 0.290 e. The van der Waals surface area contributed by atoms with E-state index < -0.39 is 0 Å². The minimum absolute atomic E-state index is 0.156. The highest BCUT2D eigenvalue weighted by atomic mass is 16.5. The van der Waals surface area contributed by atoms with E-state index in [0.717, 1.165) is 31.5 Å². The molecule has 7 nitrogen and oxygen atoms in total. The number of anilines is 1. The molecule has 0 spiro atoms. The Hall–Kier alpha value is -2.85. The average Bonchev–Trinajstić information content (AvgIpc) is 2.66. The molecule has 0 bridgehead atoms. The molecule has 25 heavy (non-hydrogen) atoms. The average molecular weight is 339 g/mol. The number of aromatic amines is 1. The molecule has 1 aliphatic heterocycles. The summed E-state index contributed by atoms with van der Waals surface area (Å²) in [5.74, 6) is 1.06. The summed E-state index contributed by atoms with van der Waals surface area (Å²) in [6.45, 7) is 2.23. The molecule has 0 unspecified atom stereocenters. The van der Waals surface area contributed by atoms with Crippen LogP contribution in [0.4, 0.5) is 5.82 Å². The Balaban J connectivity index is 1.63. The lowest BCUT2D eigenvalue weighted by molar-refractivity contribution is 0.411. The third-order valence-electron chi connectivity index (χ3n) is 4.39. The number of nitrogens with one attached hydrogen (secondary N) is 2. The fraction of sp³-hybridized carbons (Fsp3) is 0.389. The van der Waals surface area contributed by atoms with Gasteiger partial charge in [0.25, 0.3) is 5.56 Å². The van der Waals surface area contributed by atoms with Crippen LogP contribution in [0.1, 0.15) is 24.0 Å². The predicted molar refractivity (Wildman–Crippen MR) is 94.6 cm³/mol. The van der Waals surface area contributed by atoms with Gasteiger partial charge in [0, 0.05) is 38.1 Å². The van der Waals surface area contributed by atoms with Crippen molar-refractivity contribution in [3.05, 3.63) is 52.1 Å². The SMILES string of the molecule is COc1ccc(CN[C@@H]2CCCN(c3ncc[nH]c3=O)C2)cc1C#N. The van der Waals surface area contributed by atoms with Crippen molar-refractivity contribution in [1.82, 2.24) is 15.3 Å². The maximum atomic E-state index is 11.9. The molecule has 1 aromatic heterocycles. The Morgan fingerprint density at radius 3 is 3.16 bits per heavy atom. The molecule has 2 aromatic rings. The van der Waals surface area contributed by atoms with Crippen LogP contribution in [0, 0.1) is 11.3 Å². The number of methoxy groups -OCH3 is 1. The second-order valence-corrected chi connectivity index (χ2v) is 6.05. The van der Waals surface area contributed by atoms with Gasteiger partial charge in [-0.3, -0.25) is 4.79 Å². The van der Waals surface area contributed by atoms with Crippen LogP contribution >= 0.6 is 0 Å². The van der Waals surface area contributed by atoms with Crippen LogP contribution in [-0.2, 0) is 6.54 Å². The second kappa shape index (κ2) is 7.81. The van der Waals surface area contributed by atoms with Crippen LogP contribution in [0.25, 0.3) is 0 Å². The number of rotatable bonds is 5. The van der Waals surface area contributed by atoms with E-state index in [4.69, 9.17) is 4.74 Å². The molecule has 3 rings (SSSR count). The summed E-state index contributed by atoms with van der Waals surface area (Å²) in [6.07, 6.45) is 5.19. The van der Waals surface area contributed by atoms with Gasteiger partial charge in [-0.25, -0.2) is 4.98 Å². The molecule has 2 heterocycles. The molecule has 1 atom stereocenters. The number of nitriles is 1. The normalized spacial score (nSPS) is 17.1. The summed E-state index contributed by atoms with van der Waals surface area (Å²) < 4.78 is 5.17. The van der Waals surface area contributed by atoms with E-state index in [-0.39, 0.29) is 11.6 Å². The van der Waals surface area contributed by atoms with Gasteiger partial charge in [0.05, 0.1) is 12.7 Å². The van der Waals surface area contributed by atoms with Gasteiger partial charge in [-0.05, 0) is 30.5 Å². The highest BCUT2D eigenvalue weighted by Crippen LogP contribution is 2.19. The number of benzene rings is 1. The Morgan fingerprint density at radius 2 is 2.40 bits per heavy atom. The number of hydrogen-bond donors (Lipinski definition) is 2. The molecule has 0 aliphatic carbocycles. The van der Waals surface area contributed by atoms with Crippen molar-refractivity contribution in [3.63, 3.8) is 0 Å². The van der Waals surface area contributed by atoms with Crippen LogP contribution < -0.4 is 20.5 Å². The molecule has 1 saturated heterocycles. The van der Waals surface area contributed by atoms with Gasteiger partial charge in [0.15, 0.2) is 5.82 Å². The topological polar surface area (TPSA) is 94.0 Å². The summed E-state index contributed by atoms with van der Waals surface area (Å²) in [6, 6.07) is 8.03. The van der Waals surface area contributed by atoms with E-state index in [2.05, 4.69) is 21.4 Å². The number of ether oxygens (including phenoxy) is 1. The minimum Gasteiger partial charge on any atom is -0.495 e. The van der Waals surface area contributed by atoms with Crippen molar-refractivity contribution in [1.29, 1.82) is 5.26 Å². The molecule has 0 radical (unpaired) electrons. The third kappa shape index (κ3) is 3.98. The van der Waals surface area contributed by atoms with Crippen molar-refractivity contribution < 1.29 is 4.74 Å². The zero-order chi connectivity index (χ0) is 17.6.